The van der Waals surface area contributed by atoms with Crippen molar-refractivity contribution in [3.63, 3.8) is 0 Å². The SMILES string of the molecule is CCCCCCCCCCCCCCCCCC/C=C/C(O)C(CO)NC(=O)CCCCCCCCC/C=C\C/C=C\CCCCCCCCCCCOC(=O)CCCCCCCCCCCCCCCCCCCC. The number of nitrogens with one attached hydrogen (secondary N) is 1. The summed E-state index contributed by atoms with van der Waals surface area (Å²) in [6, 6.07) is -0.636. The van der Waals surface area contributed by atoms with Crippen LogP contribution in [0.1, 0.15) is 373 Å². The molecule has 448 valence electrons. The van der Waals surface area contributed by atoms with E-state index in [2.05, 4.69) is 43.5 Å². The van der Waals surface area contributed by atoms with Crippen LogP contribution in [0.4, 0.5) is 0 Å². The first-order chi connectivity index (χ1) is 37.5. The summed E-state index contributed by atoms with van der Waals surface area (Å²) in [5.41, 5.74) is 0. The molecule has 0 aliphatic carbocycles. The Balaban J connectivity index is 3.45. The van der Waals surface area contributed by atoms with E-state index in [1.807, 2.05) is 6.08 Å². The van der Waals surface area contributed by atoms with Gasteiger partial charge in [0.15, 0.2) is 0 Å². The van der Waals surface area contributed by atoms with Crippen molar-refractivity contribution in [3.8, 4) is 0 Å². The number of carbonyl (C=O) groups is 2. The van der Waals surface area contributed by atoms with Crippen molar-refractivity contribution >= 4 is 11.9 Å². The Morgan fingerprint density at radius 2 is 0.658 bits per heavy atom. The fraction of sp³-hybridized carbons (Fsp3) is 0.886. The molecule has 0 aromatic rings. The smallest absolute Gasteiger partial charge is 0.305 e. The highest BCUT2D eigenvalue weighted by molar-refractivity contribution is 5.76. The third kappa shape index (κ3) is 61.3. The molecule has 0 rings (SSSR count). The number of rotatable bonds is 64. The van der Waals surface area contributed by atoms with Gasteiger partial charge in [-0.1, -0.05) is 333 Å². The summed E-state index contributed by atoms with van der Waals surface area (Å²) < 4.78 is 5.50. The first-order valence-corrected chi connectivity index (χ1v) is 34.3. The largest absolute Gasteiger partial charge is 0.466 e. The van der Waals surface area contributed by atoms with Crippen LogP contribution in [0.2, 0.25) is 0 Å². The molecule has 2 atom stereocenters. The molecule has 0 saturated carbocycles. The molecule has 0 spiro atoms. The van der Waals surface area contributed by atoms with Gasteiger partial charge in [-0.15, -0.1) is 0 Å². The zero-order valence-electron chi connectivity index (χ0n) is 51.3. The Morgan fingerprint density at radius 1 is 0.368 bits per heavy atom. The number of unbranched alkanes of at least 4 members (excludes halogenated alkanes) is 49. The minimum absolute atomic E-state index is 0.0113. The molecular weight excluding hydrogens is 935 g/mol. The molecule has 0 aliphatic heterocycles. The number of allylic oxidation sites excluding steroid dienone is 5. The Kier molecular flexibility index (Phi) is 63.9. The monoisotopic (exact) mass is 1070 g/mol. The van der Waals surface area contributed by atoms with Gasteiger partial charge in [0.2, 0.25) is 5.91 Å². The van der Waals surface area contributed by atoms with Crippen molar-refractivity contribution in [1.82, 2.24) is 5.32 Å². The van der Waals surface area contributed by atoms with Gasteiger partial charge in [-0.05, 0) is 64.2 Å². The van der Waals surface area contributed by atoms with Gasteiger partial charge in [-0.2, -0.15) is 0 Å². The summed E-state index contributed by atoms with van der Waals surface area (Å²) in [6.07, 6.45) is 83.5. The van der Waals surface area contributed by atoms with E-state index in [4.69, 9.17) is 4.74 Å². The Bertz CT molecular complexity index is 1230. The Morgan fingerprint density at radius 3 is 1.00 bits per heavy atom. The Hall–Kier alpha value is -1.92. The molecule has 0 heterocycles. The third-order valence-electron chi connectivity index (χ3n) is 15.9. The van der Waals surface area contributed by atoms with Crippen LogP contribution < -0.4 is 5.32 Å². The predicted octanol–water partition coefficient (Wildman–Crippen LogP) is 21.9. The second-order valence-corrected chi connectivity index (χ2v) is 23.5. The average Bonchev–Trinajstić information content (AvgIpc) is 3.42. The molecule has 6 heteroatoms. The lowest BCUT2D eigenvalue weighted by atomic mass is 10.0. The highest BCUT2D eigenvalue weighted by Gasteiger charge is 2.18. The van der Waals surface area contributed by atoms with Crippen LogP contribution in [0.15, 0.2) is 36.5 Å². The van der Waals surface area contributed by atoms with E-state index in [1.54, 1.807) is 6.08 Å². The van der Waals surface area contributed by atoms with Gasteiger partial charge in [-0.25, -0.2) is 0 Å². The van der Waals surface area contributed by atoms with E-state index >= 15 is 0 Å². The van der Waals surface area contributed by atoms with Gasteiger partial charge < -0.3 is 20.3 Å². The van der Waals surface area contributed by atoms with Crippen LogP contribution >= 0.6 is 0 Å². The van der Waals surface area contributed by atoms with Gasteiger partial charge in [0.25, 0.3) is 0 Å². The van der Waals surface area contributed by atoms with Crippen molar-refractivity contribution in [2.24, 2.45) is 0 Å². The van der Waals surface area contributed by atoms with Crippen LogP contribution in [0, 0.1) is 0 Å². The summed E-state index contributed by atoms with van der Waals surface area (Å²) in [4.78, 5) is 24.6. The Labute approximate surface area is 474 Å². The maximum Gasteiger partial charge on any atom is 0.305 e. The van der Waals surface area contributed by atoms with E-state index in [9.17, 15) is 19.8 Å². The van der Waals surface area contributed by atoms with Gasteiger partial charge in [0, 0.05) is 12.8 Å². The van der Waals surface area contributed by atoms with Gasteiger partial charge in [0.05, 0.1) is 25.4 Å². The van der Waals surface area contributed by atoms with Crippen LogP contribution in [0.25, 0.3) is 0 Å². The highest BCUT2D eigenvalue weighted by Crippen LogP contribution is 2.18. The minimum atomic E-state index is -0.852. The zero-order valence-corrected chi connectivity index (χ0v) is 51.3. The van der Waals surface area contributed by atoms with E-state index in [-0.39, 0.29) is 18.5 Å². The number of ether oxygens (including phenoxy) is 1. The molecule has 0 aliphatic rings. The first kappa shape index (κ1) is 74.1. The third-order valence-corrected chi connectivity index (χ3v) is 15.9. The summed E-state index contributed by atoms with van der Waals surface area (Å²) in [7, 11) is 0. The predicted molar refractivity (Wildman–Crippen MR) is 333 cm³/mol. The summed E-state index contributed by atoms with van der Waals surface area (Å²) in [5.74, 6) is -0.0646. The van der Waals surface area contributed by atoms with Crippen molar-refractivity contribution in [1.29, 1.82) is 0 Å². The first-order valence-electron chi connectivity index (χ1n) is 34.3. The van der Waals surface area contributed by atoms with Crippen molar-refractivity contribution < 1.29 is 24.5 Å². The van der Waals surface area contributed by atoms with E-state index in [0.717, 1.165) is 57.8 Å². The average molecular weight is 1070 g/mol. The number of carbonyl (C=O) groups excluding carboxylic acids is 2. The topological polar surface area (TPSA) is 95.9 Å². The summed E-state index contributed by atoms with van der Waals surface area (Å²) in [6.45, 7) is 4.93. The standard InChI is InChI=1S/C70H133NO5/c1-3-5-7-9-11-13-15-17-19-21-30-34-38-42-46-50-54-58-62-68(73)67(66-72)71-69(74)63-59-55-51-47-43-39-35-31-28-26-24-23-25-27-29-33-37-41-45-49-53-57-61-65-76-70(75)64-60-56-52-48-44-40-36-32-22-20-18-16-14-12-10-8-6-4-2/h23,25-26,28,58,62,67-68,72-73H,3-22,24,27,29-57,59-61,63-66H2,1-2H3,(H,71,74)/b25-23-,28-26-,62-58+. The number of amides is 1. The van der Waals surface area contributed by atoms with Crippen LogP contribution in [0.3, 0.4) is 0 Å². The molecule has 0 aromatic heterocycles. The molecule has 3 N–H and O–H groups in total. The summed E-state index contributed by atoms with van der Waals surface area (Å²) >= 11 is 0. The molecule has 76 heavy (non-hydrogen) atoms. The van der Waals surface area contributed by atoms with Crippen LogP contribution in [-0.2, 0) is 14.3 Å². The molecule has 0 saturated heterocycles. The van der Waals surface area contributed by atoms with Crippen molar-refractivity contribution in [2.75, 3.05) is 13.2 Å². The van der Waals surface area contributed by atoms with Crippen molar-refractivity contribution in [2.45, 2.75) is 386 Å². The maximum atomic E-state index is 12.5. The second kappa shape index (κ2) is 65.6. The number of hydrogen-bond donors (Lipinski definition) is 3. The maximum absolute atomic E-state index is 12.5. The van der Waals surface area contributed by atoms with Gasteiger partial charge in [-0.3, -0.25) is 9.59 Å². The summed E-state index contributed by atoms with van der Waals surface area (Å²) in [5, 5.41) is 23.2. The van der Waals surface area contributed by atoms with E-state index < -0.39 is 12.1 Å². The van der Waals surface area contributed by atoms with Crippen molar-refractivity contribution in [3.05, 3.63) is 36.5 Å². The lowest BCUT2D eigenvalue weighted by Crippen LogP contribution is -2.45. The normalized spacial score (nSPS) is 12.7. The number of aliphatic hydroxyl groups excluding tert-OH is 2. The number of aliphatic hydroxyl groups is 2. The quantitative estimate of drug-likeness (QED) is 0.0320. The molecule has 1 amide bonds. The fourth-order valence-corrected chi connectivity index (χ4v) is 10.7. The minimum Gasteiger partial charge on any atom is -0.466 e. The van der Waals surface area contributed by atoms with Crippen LogP contribution in [-0.4, -0.2) is 47.4 Å². The second-order valence-electron chi connectivity index (χ2n) is 23.5. The number of esters is 1. The molecule has 0 fully saturated rings. The number of hydrogen-bond acceptors (Lipinski definition) is 5. The highest BCUT2D eigenvalue weighted by atomic mass is 16.5. The molecule has 0 bridgehead atoms. The van der Waals surface area contributed by atoms with Gasteiger partial charge >= 0.3 is 5.97 Å². The molecule has 6 nitrogen and oxygen atoms in total. The molecule has 0 aromatic carbocycles. The molecule has 2 unspecified atom stereocenters. The molecular formula is C70H133NO5. The van der Waals surface area contributed by atoms with Crippen LogP contribution in [0.5, 0.6) is 0 Å². The lowest BCUT2D eigenvalue weighted by Gasteiger charge is -2.20. The van der Waals surface area contributed by atoms with Gasteiger partial charge in [0.1, 0.15) is 0 Å². The van der Waals surface area contributed by atoms with E-state index in [0.29, 0.717) is 19.4 Å². The zero-order chi connectivity index (χ0) is 55.0. The molecule has 0 radical (unpaired) electrons. The fourth-order valence-electron chi connectivity index (χ4n) is 10.7. The lowest BCUT2D eigenvalue weighted by molar-refractivity contribution is -0.143. The van der Waals surface area contributed by atoms with E-state index in [1.165, 1.54) is 289 Å².